The first-order valence-corrected chi connectivity index (χ1v) is 5.85. The number of anilines is 2. The lowest BCUT2D eigenvalue weighted by Crippen LogP contribution is -2.40. The summed E-state index contributed by atoms with van der Waals surface area (Å²) < 4.78 is 0. The molecule has 0 unspecified atom stereocenters. The minimum absolute atomic E-state index is 0.0973. The number of nitrogen functional groups attached to an aromatic ring is 1. The predicted octanol–water partition coefficient (Wildman–Crippen LogP) is 1.87. The molecule has 3 heteroatoms. The minimum atomic E-state index is 0.0973. The van der Waals surface area contributed by atoms with Gasteiger partial charge >= 0.3 is 0 Å². The van der Waals surface area contributed by atoms with E-state index in [-0.39, 0.29) is 12.0 Å². The van der Waals surface area contributed by atoms with Gasteiger partial charge in [-0.15, -0.1) is 0 Å². The van der Waals surface area contributed by atoms with Gasteiger partial charge in [-0.1, -0.05) is 19.1 Å². The molecule has 1 aromatic rings. The summed E-state index contributed by atoms with van der Waals surface area (Å²) in [7, 11) is 0. The molecular formula is C13H20N2O. The molecule has 1 aliphatic rings. The van der Waals surface area contributed by atoms with Gasteiger partial charge in [-0.05, 0) is 30.4 Å². The van der Waals surface area contributed by atoms with Gasteiger partial charge < -0.3 is 15.7 Å². The Morgan fingerprint density at radius 3 is 2.50 bits per heavy atom. The van der Waals surface area contributed by atoms with Gasteiger partial charge in [0.15, 0.2) is 0 Å². The van der Waals surface area contributed by atoms with E-state index in [9.17, 15) is 5.11 Å². The third-order valence-electron chi connectivity index (χ3n) is 3.63. The molecule has 2 rings (SSSR count). The highest BCUT2D eigenvalue weighted by Gasteiger charge is 2.29. The van der Waals surface area contributed by atoms with E-state index in [1.54, 1.807) is 0 Å². The van der Waals surface area contributed by atoms with E-state index in [0.717, 1.165) is 37.3 Å². The second-order valence-electron chi connectivity index (χ2n) is 5.01. The van der Waals surface area contributed by atoms with Gasteiger partial charge in [-0.3, -0.25) is 0 Å². The van der Waals surface area contributed by atoms with Crippen LogP contribution in [0.15, 0.2) is 24.3 Å². The van der Waals surface area contributed by atoms with E-state index in [1.165, 1.54) is 0 Å². The molecule has 88 valence electrons. The van der Waals surface area contributed by atoms with Gasteiger partial charge in [0.25, 0.3) is 0 Å². The van der Waals surface area contributed by atoms with Crippen molar-refractivity contribution in [1.29, 1.82) is 0 Å². The number of nitrogens with two attached hydrogens (primary N) is 1. The largest absolute Gasteiger partial charge is 0.397 e. The Hall–Kier alpha value is -1.22. The lowest BCUT2D eigenvalue weighted by Gasteiger charge is -2.39. The van der Waals surface area contributed by atoms with Crippen LogP contribution in [0.3, 0.4) is 0 Å². The molecule has 16 heavy (non-hydrogen) atoms. The fourth-order valence-corrected chi connectivity index (χ4v) is 2.22. The molecule has 0 aromatic heterocycles. The van der Waals surface area contributed by atoms with Crippen LogP contribution in [0, 0.1) is 5.41 Å². The summed E-state index contributed by atoms with van der Waals surface area (Å²) in [5.41, 5.74) is 8.03. The van der Waals surface area contributed by atoms with Gasteiger partial charge in [0.05, 0.1) is 11.4 Å². The fraction of sp³-hybridized carbons (Fsp3) is 0.538. The maximum atomic E-state index is 9.32. The zero-order valence-electron chi connectivity index (χ0n) is 9.82. The number of benzene rings is 1. The Bertz CT molecular complexity index is 357. The lowest BCUT2D eigenvalue weighted by atomic mass is 9.81. The van der Waals surface area contributed by atoms with Crippen molar-refractivity contribution in [3.05, 3.63) is 24.3 Å². The second-order valence-corrected chi connectivity index (χ2v) is 5.01. The maximum absolute atomic E-state index is 9.32. The molecule has 1 heterocycles. The van der Waals surface area contributed by atoms with Gasteiger partial charge in [0, 0.05) is 19.7 Å². The molecule has 1 aromatic carbocycles. The highest BCUT2D eigenvalue weighted by molar-refractivity contribution is 5.67. The molecule has 1 fully saturated rings. The minimum Gasteiger partial charge on any atom is -0.397 e. The van der Waals surface area contributed by atoms with Crippen molar-refractivity contribution in [1.82, 2.24) is 0 Å². The van der Waals surface area contributed by atoms with Crippen LogP contribution in [0.4, 0.5) is 11.4 Å². The normalized spacial score (nSPS) is 19.8. The van der Waals surface area contributed by atoms with E-state index in [0.29, 0.717) is 0 Å². The molecule has 0 saturated carbocycles. The highest BCUT2D eigenvalue weighted by Crippen LogP contribution is 2.34. The van der Waals surface area contributed by atoms with Crippen LogP contribution in [-0.4, -0.2) is 24.8 Å². The maximum Gasteiger partial charge on any atom is 0.0599 e. The molecule has 1 saturated heterocycles. The van der Waals surface area contributed by atoms with Crippen molar-refractivity contribution in [2.24, 2.45) is 5.41 Å². The zero-order valence-corrected chi connectivity index (χ0v) is 9.82. The van der Waals surface area contributed by atoms with Gasteiger partial charge in [0.1, 0.15) is 0 Å². The van der Waals surface area contributed by atoms with E-state index in [4.69, 9.17) is 5.73 Å². The molecule has 3 nitrogen and oxygen atoms in total. The number of aliphatic hydroxyl groups excluding tert-OH is 1. The number of piperidine rings is 1. The van der Waals surface area contributed by atoms with Crippen molar-refractivity contribution in [3.63, 3.8) is 0 Å². The standard InChI is InChI=1S/C13H20N2O/c1-13(10-16)6-8-15(9-7-13)12-5-3-2-4-11(12)14/h2-5,16H,6-10,14H2,1H3. The second kappa shape index (κ2) is 4.34. The average Bonchev–Trinajstić information content (AvgIpc) is 2.31. The topological polar surface area (TPSA) is 49.5 Å². The van der Waals surface area contributed by atoms with Crippen molar-refractivity contribution >= 4 is 11.4 Å². The summed E-state index contributed by atoms with van der Waals surface area (Å²) >= 11 is 0. The number of rotatable bonds is 2. The van der Waals surface area contributed by atoms with Gasteiger partial charge in [-0.25, -0.2) is 0 Å². The van der Waals surface area contributed by atoms with Crippen LogP contribution in [0.5, 0.6) is 0 Å². The summed E-state index contributed by atoms with van der Waals surface area (Å²) in [6.07, 6.45) is 2.05. The Balaban J connectivity index is 2.07. The van der Waals surface area contributed by atoms with E-state index < -0.39 is 0 Å². The molecule has 0 bridgehead atoms. The predicted molar refractivity (Wildman–Crippen MR) is 67.5 cm³/mol. The van der Waals surface area contributed by atoms with Crippen LogP contribution in [0.25, 0.3) is 0 Å². The smallest absolute Gasteiger partial charge is 0.0599 e. The first kappa shape index (κ1) is 11.3. The van der Waals surface area contributed by atoms with Crippen LogP contribution < -0.4 is 10.6 Å². The van der Waals surface area contributed by atoms with Crippen molar-refractivity contribution in [3.8, 4) is 0 Å². The monoisotopic (exact) mass is 220 g/mol. The summed E-state index contributed by atoms with van der Waals surface area (Å²) in [6.45, 7) is 4.39. The number of aliphatic hydroxyl groups is 1. The first-order chi connectivity index (χ1) is 7.64. The Morgan fingerprint density at radius 2 is 1.94 bits per heavy atom. The Morgan fingerprint density at radius 1 is 1.31 bits per heavy atom. The molecule has 1 aliphatic heterocycles. The quantitative estimate of drug-likeness (QED) is 0.748. The molecule has 0 spiro atoms. The Labute approximate surface area is 96.9 Å². The van der Waals surface area contributed by atoms with Crippen LogP contribution in [0.1, 0.15) is 19.8 Å². The van der Waals surface area contributed by atoms with Crippen LogP contribution in [-0.2, 0) is 0 Å². The molecule has 0 radical (unpaired) electrons. The van der Waals surface area contributed by atoms with E-state index in [1.807, 2.05) is 18.2 Å². The number of para-hydroxylation sites is 2. The number of nitrogens with zero attached hydrogens (tertiary/aromatic N) is 1. The molecule has 0 aliphatic carbocycles. The lowest BCUT2D eigenvalue weighted by molar-refractivity contribution is 0.115. The van der Waals surface area contributed by atoms with Crippen LogP contribution in [0.2, 0.25) is 0 Å². The fourth-order valence-electron chi connectivity index (χ4n) is 2.22. The number of hydrogen-bond acceptors (Lipinski definition) is 3. The molecule has 0 amide bonds. The van der Waals surface area contributed by atoms with Crippen LogP contribution >= 0.6 is 0 Å². The van der Waals surface area contributed by atoms with Gasteiger partial charge in [-0.2, -0.15) is 0 Å². The first-order valence-electron chi connectivity index (χ1n) is 5.85. The third-order valence-corrected chi connectivity index (χ3v) is 3.63. The Kier molecular flexibility index (Phi) is 3.06. The summed E-state index contributed by atoms with van der Waals surface area (Å²) in [4.78, 5) is 2.31. The van der Waals surface area contributed by atoms with Gasteiger partial charge in [0.2, 0.25) is 0 Å². The zero-order chi connectivity index (χ0) is 11.6. The highest BCUT2D eigenvalue weighted by atomic mass is 16.3. The molecule has 0 atom stereocenters. The summed E-state index contributed by atoms with van der Waals surface area (Å²) in [5, 5.41) is 9.32. The van der Waals surface area contributed by atoms with E-state index in [2.05, 4.69) is 17.9 Å². The summed E-state index contributed by atoms with van der Waals surface area (Å²) in [5.74, 6) is 0. The van der Waals surface area contributed by atoms with Crippen molar-refractivity contribution < 1.29 is 5.11 Å². The van der Waals surface area contributed by atoms with E-state index >= 15 is 0 Å². The average molecular weight is 220 g/mol. The third kappa shape index (κ3) is 2.14. The molecule has 3 N–H and O–H groups in total. The summed E-state index contributed by atoms with van der Waals surface area (Å²) in [6, 6.07) is 7.98. The van der Waals surface area contributed by atoms with Crippen molar-refractivity contribution in [2.75, 3.05) is 30.3 Å². The van der Waals surface area contributed by atoms with Crippen molar-refractivity contribution in [2.45, 2.75) is 19.8 Å². The molecular weight excluding hydrogens is 200 g/mol. The number of hydrogen-bond donors (Lipinski definition) is 2. The SMILES string of the molecule is CC1(CO)CCN(c2ccccc2N)CC1.